The molecule has 0 atom stereocenters. The molecule has 2 rings (SSSR count). The average Bonchev–Trinajstić information content (AvgIpc) is 2.31. The quantitative estimate of drug-likeness (QED) is 0.789. The minimum absolute atomic E-state index is 0.00896. The molecule has 0 unspecified atom stereocenters. The number of aliphatic hydroxyl groups is 1. The fraction of sp³-hybridized carbons (Fsp3) is 0.400. The first-order valence-electron chi connectivity index (χ1n) is 6.42. The van der Waals surface area contributed by atoms with Crippen LogP contribution in [0.4, 0.5) is 5.69 Å². The lowest BCUT2D eigenvalue weighted by atomic mass is 9.78. The molecule has 0 bridgehead atoms. The summed E-state index contributed by atoms with van der Waals surface area (Å²) in [4.78, 5) is 12.0. The van der Waals surface area contributed by atoms with Crippen molar-refractivity contribution in [2.75, 3.05) is 0 Å². The zero-order valence-corrected chi connectivity index (χ0v) is 12.5. The van der Waals surface area contributed by atoms with E-state index in [9.17, 15) is 9.90 Å². The smallest absolute Gasteiger partial charge is 0.187 e. The minimum atomic E-state index is -0.230. The molecule has 1 aromatic rings. The van der Waals surface area contributed by atoms with Crippen molar-refractivity contribution in [2.24, 2.45) is 15.6 Å². The molecule has 106 valence electrons. The van der Waals surface area contributed by atoms with Crippen molar-refractivity contribution in [1.29, 1.82) is 0 Å². The molecule has 0 amide bonds. The number of halogens is 1. The van der Waals surface area contributed by atoms with Crippen molar-refractivity contribution in [2.45, 2.75) is 33.6 Å². The number of benzene rings is 1. The summed E-state index contributed by atoms with van der Waals surface area (Å²) in [6.45, 7) is 5.71. The minimum Gasteiger partial charge on any atom is -0.510 e. The summed E-state index contributed by atoms with van der Waals surface area (Å²) < 4.78 is 0. The lowest BCUT2D eigenvalue weighted by Gasteiger charge is -2.27. The van der Waals surface area contributed by atoms with Gasteiger partial charge in [0.15, 0.2) is 11.5 Å². The summed E-state index contributed by atoms with van der Waals surface area (Å²) in [5, 5.41) is 18.5. The Morgan fingerprint density at radius 1 is 1.25 bits per heavy atom. The van der Waals surface area contributed by atoms with E-state index in [4.69, 9.17) is 11.6 Å². The molecule has 0 saturated carbocycles. The van der Waals surface area contributed by atoms with Gasteiger partial charge >= 0.3 is 0 Å². The fourth-order valence-electron chi connectivity index (χ4n) is 2.20. The SMILES string of the molecule is Cc1c(Cl)cccc1N=NC1=C(O)CC(C)(C)CC1=O. The number of azo groups is 1. The van der Waals surface area contributed by atoms with Crippen molar-refractivity contribution in [3.8, 4) is 0 Å². The lowest BCUT2D eigenvalue weighted by molar-refractivity contribution is -0.118. The van der Waals surface area contributed by atoms with E-state index >= 15 is 0 Å². The van der Waals surface area contributed by atoms with Crippen LogP contribution in [0, 0.1) is 12.3 Å². The van der Waals surface area contributed by atoms with Gasteiger partial charge in [-0.3, -0.25) is 4.79 Å². The molecule has 1 aliphatic carbocycles. The number of hydrogen-bond acceptors (Lipinski definition) is 4. The van der Waals surface area contributed by atoms with Crippen molar-refractivity contribution in [3.05, 3.63) is 40.2 Å². The first-order chi connectivity index (χ1) is 9.30. The van der Waals surface area contributed by atoms with Crippen LogP contribution in [0.2, 0.25) is 5.02 Å². The van der Waals surface area contributed by atoms with E-state index in [-0.39, 0.29) is 22.7 Å². The maximum Gasteiger partial charge on any atom is 0.187 e. The molecule has 0 radical (unpaired) electrons. The largest absolute Gasteiger partial charge is 0.510 e. The molecule has 1 N–H and O–H groups in total. The Kier molecular flexibility index (Phi) is 3.95. The van der Waals surface area contributed by atoms with Crippen LogP contribution in [0.15, 0.2) is 39.9 Å². The van der Waals surface area contributed by atoms with E-state index in [0.717, 1.165) is 5.56 Å². The second-order valence-electron chi connectivity index (χ2n) is 5.82. The first-order valence-corrected chi connectivity index (χ1v) is 6.80. The summed E-state index contributed by atoms with van der Waals surface area (Å²) in [6.07, 6.45) is 0.793. The number of nitrogens with zero attached hydrogens (tertiary/aromatic N) is 2. The van der Waals surface area contributed by atoms with Crippen LogP contribution < -0.4 is 0 Å². The Morgan fingerprint density at radius 3 is 2.60 bits per heavy atom. The van der Waals surface area contributed by atoms with E-state index < -0.39 is 0 Å². The van der Waals surface area contributed by atoms with Crippen LogP contribution in [0.25, 0.3) is 0 Å². The molecule has 1 aliphatic rings. The molecule has 0 saturated heterocycles. The van der Waals surface area contributed by atoms with Gasteiger partial charge in [-0.05, 0) is 30.0 Å². The zero-order chi connectivity index (χ0) is 14.9. The highest BCUT2D eigenvalue weighted by molar-refractivity contribution is 6.31. The molecule has 0 spiro atoms. The number of carbonyl (C=O) groups is 1. The predicted molar refractivity (Wildman–Crippen MR) is 78.4 cm³/mol. The van der Waals surface area contributed by atoms with E-state index in [1.807, 2.05) is 20.8 Å². The highest BCUT2D eigenvalue weighted by Gasteiger charge is 2.33. The van der Waals surface area contributed by atoms with E-state index in [1.165, 1.54) is 0 Å². The highest BCUT2D eigenvalue weighted by atomic mass is 35.5. The molecule has 0 aliphatic heterocycles. The van der Waals surface area contributed by atoms with Gasteiger partial charge in [-0.2, -0.15) is 0 Å². The normalized spacial score (nSPS) is 18.9. The monoisotopic (exact) mass is 292 g/mol. The molecule has 4 nitrogen and oxygen atoms in total. The molecular formula is C15H17ClN2O2. The van der Waals surface area contributed by atoms with Crippen LogP contribution in [0.5, 0.6) is 0 Å². The van der Waals surface area contributed by atoms with Gasteiger partial charge in [0.05, 0.1) is 5.69 Å². The van der Waals surface area contributed by atoms with Gasteiger partial charge in [-0.1, -0.05) is 31.5 Å². The third-order valence-corrected chi connectivity index (χ3v) is 3.73. The standard InChI is InChI=1S/C15H17ClN2O2/c1-9-10(16)5-4-6-11(9)17-18-14-12(19)7-15(2,3)8-13(14)20/h4-6,19H,7-8H2,1-3H3. The van der Waals surface area contributed by atoms with Crippen LogP contribution >= 0.6 is 11.6 Å². The van der Waals surface area contributed by atoms with E-state index in [2.05, 4.69) is 10.2 Å². The molecule has 20 heavy (non-hydrogen) atoms. The van der Waals surface area contributed by atoms with Crippen LogP contribution in [-0.2, 0) is 4.79 Å². The number of Topliss-reactive ketones (excluding diaryl/α,β-unsaturated/α-hetero) is 1. The highest BCUT2D eigenvalue weighted by Crippen LogP contribution is 2.36. The Balaban J connectivity index is 2.32. The van der Waals surface area contributed by atoms with Gasteiger partial charge in [-0.15, -0.1) is 10.2 Å². The third kappa shape index (κ3) is 3.07. The number of hydrogen-bond donors (Lipinski definition) is 1. The van der Waals surface area contributed by atoms with Crippen LogP contribution in [-0.4, -0.2) is 10.9 Å². The van der Waals surface area contributed by atoms with Crippen molar-refractivity contribution in [3.63, 3.8) is 0 Å². The molecule has 5 heteroatoms. The van der Waals surface area contributed by atoms with Gasteiger partial charge in [0.2, 0.25) is 0 Å². The number of allylic oxidation sites excluding steroid dienone is 2. The number of ketones is 1. The van der Waals surface area contributed by atoms with Gasteiger partial charge < -0.3 is 5.11 Å². The summed E-state index contributed by atoms with van der Waals surface area (Å²) >= 11 is 6.00. The maximum absolute atomic E-state index is 12.0. The van der Waals surface area contributed by atoms with Crippen molar-refractivity contribution >= 4 is 23.1 Å². The maximum atomic E-state index is 12.0. The molecule has 1 aromatic carbocycles. The van der Waals surface area contributed by atoms with Gasteiger partial charge in [0.1, 0.15) is 5.76 Å². The Labute approximate surface area is 123 Å². The van der Waals surface area contributed by atoms with E-state index in [1.54, 1.807) is 18.2 Å². The Bertz CT molecular complexity index is 618. The van der Waals surface area contributed by atoms with Crippen LogP contribution in [0.1, 0.15) is 32.3 Å². The van der Waals surface area contributed by atoms with Gasteiger partial charge in [-0.25, -0.2) is 0 Å². The first kappa shape index (κ1) is 14.7. The second kappa shape index (κ2) is 5.37. The third-order valence-electron chi connectivity index (χ3n) is 3.32. The zero-order valence-electron chi connectivity index (χ0n) is 11.8. The number of carbonyl (C=O) groups excluding carboxylic acids is 1. The summed E-state index contributed by atoms with van der Waals surface area (Å²) in [5.41, 5.74) is 1.22. The van der Waals surface area contributed by atoms with Crippen molar-refractivity contribution < 1.29 is 9.90 Å². The van der Waals surface area contributed by atoms with Gasteiger partial charge in [0, 0.05) is 17.9 Å². The Hall–Kier alpha value is -1.68. The second-order valence-corrected chi connectivity index (χ2v) is 6.23. The number of rotatable bonds is 2. The molecule has 0 fully saturated rings. The molecule has 0 heterocycles. The summed E-state index contributed by atoms with van der Waals surface area (Å²) in [5.74, 6) is -0.170. The lowest BCUT2D eigenvalue weighted by Crippen LogP contribution is -2.25. The van der Waals surface area contributed by atoms with Gasteiger partial charge in [0.25, 0.3) is 0 Å². The van der Waals surface area contributed by atoms with Crippen LogP contribution in [0.3, 0.4) is 0 Å². The topological polar surface area (TPSA) is 62.0 Å². The summed E-state index contributed by atoms with van der Waals surface area (Å²) in [7, 11) is 0. The Morgan fingerprint density at radius 2 is 1.95 bits per heavy atom. The predicted octanol–water partition coefficient (Wildman–Crippen LogP) is 4.89. The number of aliphatic hydroxyl groups excluding tert-OH is 1. The van der Waals surface area contributed by atoms with Crippen molar-refractivity contribution in [1.82, 2.24) is 0 Å². The molecule has 0 aromatic heterocycles. The fourth-order valence-corrected chi connectivity index (χ4v) is 2.37. The molecular weight excluding hydrogens is 276 g/mol. The average molecular weight is 293 g/mol. The summed E-state index contributed by atoms with van der Waals surface area (Å²) in [6, 6.07) is 5.30. The van der Waals surface area contributed by atoms with E-state index in [0.29, 0.717) is 23.6 Å².